The summed E-state index contributed by atoms with van der Waals surface area (Å²) in [5, 5.41) is 3.19. The third-order valence-corrected chi connectivity index (χ3v) is 11.8. The smallest absolute Gasteiger partial charge is 0.216 e. The molecule has 0 saturated heterocycles. The molecular weight excluding hydrogens is 881 g/mol. The van der Waals surface area contributed by atoms with E-state index in [-0.39, 0.29) is 25.7 Å². The molecule has 281 valence electrons. The maximum atomic E-state index is 8.48. The van der Waals surface area contributed by atoms with Crippen molar-refractivity contribution in [3.63, 3.8) is 0 Å². The fourth-order valence-corrected chi connectivity index (χ4v) is 8.55. The number of benzene rings is 5. The van der Waals surface area contributed by atoms with Crippen molar-refractivity contribution in [2.75, 3.05) is 0 Å². The second-order valence-corrected chi connectivity index (χ2v) is 20.1. The molecule has 0 atom stereocenters. The van der Waals surface area contributed by atoms with Gasteiger partial charge in [-0.15, -0.1) is 53.6 Å². The summed E-state index contributed by atoms with van der Waals surface area (Å²) in [5.74, 6) is 0.0754. The van der Waals surface area contributed by atoms with E-state index in [0.717, 1.165) is 67.0 Å². The molecule has 0 unspecified atom stereocenters. The van der Waals surface area contributed by atoms with Gasteiger partial charge in [0, 0.05) is 48.6 Å². The molecule has 5 aromatic carbocycles. The van der Waals surface area contributed by atoms with Crippen LogP contribution in [0.2, 0.25) is 19.6 Å². The monoisotopic (exact) mass is 929 g/mol. The molecule has 0 saturated carbocycles. The molecule has 1 radical (unpaired) electrons. The van der Waals surface area contributed by atoms with Gasteiger partial charge in [-0.25, -0.2) is 4.98 Å². The SMILES string of the molecule is Cc1ccc2c(n1)oc1c(-c3nc4ccccc4n3-c3ccc(-c4ccccc4)cc3)[c-]ccc12.[2H]C([2H])([2H])c1c[c-]c(-c2cc(C([2H])(C)C)c([Si](C)(C)C)cn2)cc1.[Ir]. The largest absolute Gasteiger partial charge is 0.486 e. The number of para-hydroxylation sites is 2. The second kappa shape index (κ2) is 15.9. The van der Waals surface area contributed by atoms with Gasteiger partial charge in [0.15, 0.2) is 0 Å². The molecule has 9 aromatic rings. The Morgan fingerprint density at radius 1 is 0.804 bits per heavy atom. The van der Waals surface area contributed by atoms with Crippen LogP contribution in [-0.4, -0.2) is 27.6 Å². The minimum atomic E-state index is -2.13. The van der Waals surface area contributed by atoms with E-state index in [9.17, 15) is 0 Å². The first-order valence-electron chi connectivity index (χ1n) is 20.4. The zero-order valence-electron chi connectivity index (χ0n) is 36.2. The number of aromatic nitrogens is 4. The molecule has 4 heterocycles. The van der Waals surface area contributed by atoms with Crippen molar-refractivity contribution < 1.29 is 30.0 Å². The van der Waals surface area contributed by atoms with E-state index < -0.39 is 20.8 Å². The van der Waals surface area contributed by atoms with Crippen molar-refractivity contribution in [2.45, 2.75) is 53.2 Å². The van der Waals surface area contributed by atoms with Gasteiger partial charge in [-0.3, -0.25) is 4.98 Å². The van der Waals surface area contributed by atoms with Crippen LogP contribution in [0.15, 0.2) is 138 Å². The van der Waals surface area contributed by atoms with Crippen molar-refractivity contribution in [3.05, 3.63) is 163 Å². The summed E-state index contributed by atoms with van der Waals surface area (Å²) in [4.78, 5) is 14.2. The van der Waals surface area contributed by atoms with Crippen molar-refractivity contribution >= 4 is 46.4 Å². The van der Waals surface area contributed by atoms with Gasteiger partial charge in [-0.05, 0) is 71.2 Å². The van der Waals surface area contributed by atoms with Crippen molar-refractivity contribution in [2.24, 2.45) is 0 Å². The van der Waals surface area contributed by atoms with E-state index in [1.54, 1.807) is 12.1 Å². The van der Waals surface area contributed by atoms with Crippen LogP contribution in [0.5, 0.6) is 0 Å². The van der Waals surface area contributed by atoms with E-state index in [2.05, 4.69) is 107 Å². The van der Waals surface area contributed by atoms with Crippen LogP contribution in [0.4, 0.5) is 0 Å². The molecule has 0 N–H and O–H groups in total. The van der Waals surface area contributed by atoms with Crippen LogP contribution in [-0.2, 0) is 20.1 Å². The summed E-state index contributed by atoms with van der Waals surface area (Å²) in [6.07, 6.45) is 1.89. The molecule has 7 heteroatoms. The van der Waals surface area contributed by atoms with Crippen LogP contribution < -0.4 is 5.19 Å². The fraction of sp³-hybridized carbons (Fsp3) is 0.163. The molecule has 0 fully saturated rings. The minimum Gasteiger partial charge on any atom is -0.486 e. The molecule has 4 aromatic heterocycles. The molecule has 0 aliphatic carbocycles. The van der Waals surface area contributed by atoms with Crippen molar-refractivity contribution in [1.29, 1.82) is 0 Å². The number of pyridine rings is 2. The molecule has 0 aliphatic rings. The van der Waals surface area contributed by atoms with E-state index in [4.69, 9.17) is 14.9 Å². The average molecular weight is 929 g/mol. The Kier molecular flexibility index (Phi) is 9.64. The normalized spacial score (nSPS) is 13.0. The Bertz CT molecular complexity index is 2950. The topological polar surface area (TPSA) is 56.7 Å². The van der Waals surface area contributed by atoms with E-state index in [1.165, 1.54) is 22.4 Å². The summed E-state index contributed by atoms with van der Waals surface area (Å²) in [6.45, 7) is 10.4. The first-order chi connectivity index (χ1) is 28.1. The molecule has 0 amide bonds. The summed E-state index contributed by atoms with van der Waals surface area (Å²) in [6, 6.07) is 48.5. The maximum absolute atomic E-state index is 8.48. The molecule has 5 nitrogen and oxygen atoms in total. The Balaban J connectivity index is 0.000000193. The summed E-state index contributed by atoms with van der Waals surface area (Å²) in [5.41, 5.74) is 11.2. The van der Waals surface area contributed by atoms with Crippen LogP contribution in [0, 0.1) is 25.9 Å². The van der Waals surface area contributed by atoms with Gasteiger partial charge in [-0.1, -0.05) is 118 Å². The number of nitrogens with zero attached hydrogens (tertiary/aromatic N) is 4. The first kappa shape index (κ1) is 33.8. The third kappa shape index (κ3) is 7.68. The van der Waals surface area contributed by atoms with Crippen molar-refractivity contribution in [3.8, 4) is 39.5 Å². The number of hydrogen-bond donors (Lipinski definition) is 0. The van der Waals surface area contributed by atoms with E-state index >= 15 is 0 Å². The van der Waals surface area contributed by atoms with Gasteiger partial charge < -0.3 is 14.0 Å². The number of rotatable bonds is 6. The Morgan fingerprint density at radius 2 is 1.55 bits per heavy atom. The molecule has 0 spiro atoms. The van der Waals surface area contributed by atoms with E-state index in [0.29, 0.717) is 5.71 Å². The predicted octanol–water partition coefficient (Wildman–Crippen LogP) is 12.3. The molecule has 0 bridgehead atoms. The van der Waals surface area contributed by atoms with Crippen LogP contribution in [0.1, 0.15) is 42.0 Å². The van der Waals surface area contributed by atoms with Gasteiger partial charge in [0.1, 0.15) is 0 Å². The Labute approximate surface area is 349 Å². The van der Waals surface area contributed by atoms with Gasteiger partial charge in [0.05, 0.1) is 30.5 Å². The number of imidazole rings is 1. The van der Waals surface area contributed by atoms with Crippen LogP contribution in [0.3, 0.4) is 0 Å². The molecule has 56 heavy (non-hydrogen) atoms. The van der Waals surface area contributed by atoms with Gasteiger partial charge in [0.2, 0.25) is 5.71 Å². The summed E-state index contributed by atoms with van der Waals surface area (Å²) in [7, 11) is -1.61. The third-order valence-electron chi connectivity index (χ3n) is 9.79. The second-order valence-electron chi connectivity index (χ2n) is 15.0. The summed E-state index contributed by atoms with van der Waals surface area (Å²) < 4.78 is 39.3. The molecule has 0 aliphatic heterocycles. The number of hydrogen-bond acceptors (Lipinski definition) is 4. The first-order valence-corrected chi connectivity index (χ1v) is 21.9. The van der Waals surface area contributed by atoms with Gasteiger partial charge in [-0.2, -0.15) is 0 Å². The molecule has 9 rings (SSSR count). The standard InChI is InChI=1S/C31H20N3O.C18H24NSi.Ir/c1-20-14-19-25-24-10-7-11-26(29(24)35-31(25)32-20)30-33-27-12-5-6-13-28(27)34(30)23-17-15-22(16-18-23)21-8-3-2-4-9-21;1-13(2)16-11-17(15-9-7-14(3)8-10-15)19-12-18(16)20(4,5)6;/h2-10,12-19H,1H3;7-9,11-13H,1-6H3;/q2*-1;/i;3D3,13D;. The Hall–Kier alpha value is -5.46. The maximum Gasteiger partial charge on any atom is 0.216 e. The van der Waals surface area contributed by atoms with Crippen molar-refractivity contribution in [1.82, 2.24) is 19.5 Å². The number of aryl methyl sites for hydroxylation is 2. The van der Waals surface area contributed by atoms with E-state index in [1.807, 2.05) is 75.5 Å². The van der Waals surface area contributed by atoms with Crippen LogP contribution in [0.25, 0.3) is 72.6 Å². The zero-order valence-corrected chi connectivity index (χ0v) is 35.6. The quantitative estimate of drug-likeness (QED) is 0.123. The predicted molar refractivity (Wildman–Crippen MR) is 231 cm³/mol. The van der Waals surface area contributed by atoms with Gasteiger partial charge in [0.25, 0.3) is 0 Å². The number of furan rings is 1. The molecular formula is C49H44IrN4OSi-2. The Morgan fingerprint density at radius 3 is 2.27 bits per heavy atom. The summed E-state index contributed by atoms with van der Waals surface area (Å²) >= 11 is 0. The fourth-order valence-electron chi connectivity index (χ4n) is 6.97. The van der Waals surface area contributed by atoms with Crippen LogP contribution >= 0.6 is 0 Å². The van der Waals surface area contributed by atoms with Gasteiger partial charge >= 0.3 is 0 Å². The zero-order chi connectivity index (χ0) is 41.7. The number of fused-ring (bicyclic) bond motifs is 4. The average Bonchev–Trinajstić information content (AvgIpc) is 3.79. The minimum absolute atomic E-state index is 0.